The van der Waals surface area contributed by atoms with Crippen molar-refractivity contribution in [2.24, 2.45) is 0 Å². The van der Waals surface area contributed by atoms with E-state index in [9.17, 15) is 5.11 Å². The first-order valence-corrected chi connectivity index (χ1v) is 5.91. The number of nitrogens with zero attached hydrogens (tertiary/aromatic N) is 2. The van der Waals surface area contributed by atoms with Crippen LogP contribution in [0, 0.1) is 0 Å². The number of rotatable bonds is 2. The number of aliphatic hydroxyl groups is 1. The Hall–Kier alpha value is -0.830. The fraction of sp³-hybridized carbons (Fsp3) is 0.750. The summed E-state index contributed by atoms with van der Waals surface area (Å²) in [7, 11) is 0. The summed E-state index contributed by atoms with van der Waals surface area (Å²) in [6.07, 6.45) is 8.05. The molecular formula is C12H20N2O. The summed E-state index contributed by atoms with van der Waals surface area (Å²) in [6, 6.07) is 0.249. The lowest BCUT2D eigenvalue weighted by molar-refractivity contribution is 0.0737. The Morgan fingerprint density at radius 3 is 2.80 bits per heavy atom. The zero-order chi connectivity index (χ0) is 10.8. The molecule has 0 aliphatic heterocycles. The van der Waals surface area contributed by atoms with Gasteiger partial charge in [0.05, 0.1) is 12.1 Å². The van der Waals surface area contributed by atoms with Crippen LogP contribution in [0.2, 0.25) is 0 Å². The van der Waals surface area contributed by atoms with E-state index in [1.54, 1.807) is 0 Å². The Bertz CT molecular complexity index is 319. The zero-order valence-corrected chi connectivity index (χ0v) is 9.56. The average molecular weight is 208 g/mol. The maximum atomic E-state index is 10.00. The largest absolute Gasteiger partial charge is 0.391 e. The molecule has 1 N–H and O–H groups in total. The van der Waals surface area contributed by atoms with E-state index < -0.39 is 0 Å². The maximum absolute atomic E-state index is 10.00. The van der Waals surface area contributed by atoms with Crippen LogP contribution in [0.3, 0.4) is 0 Å². The van der Waals surface area contributed by atoms with Gasteiger partial charge in [-0.05, 0) is 12.8 Å². The Morgan fingerprint density at radius 2 is 2.13 bits per heavy atom. The Labute approximate surface area is 91.1 Å². The fourth-order valence-electron chi connectivity index (χ4n) is 2.47. The summed E-state index contributed by atoms with van der Waals surface area (Å²) in [6.45, 7) is 4.29. The Balaban J connectivity index is 2.23. The van der Waals surface area contributed by atoms with E-state index >= 15 is 0 Å². The van der Waals surface area contributed by atoms with Gasteiger partial charge in [-0.15, -0.1) is 0 Å². The van der Waals surface area contributed by atoms with E-state index in [4.69, 9.17) is 0 Å². The topological polar surface area (TPSA) is 38.0 Å². The molecular weight excluding hydrogens is 188 g/mol. The normalized spacial score (nSPS) is 27.2. The van der Waals surface area contributed by atoms with Crippen LogP contribution in [0.15, 0.2) is 12.4 Å². The summed E-state index contributed by atoms with van der Waals surface area (Å²) in [5.74, 6) is 1.52. The highest BCUT2D eigenvalue weighted by Gasteiger charge is 2.26. The van der Waals surface area contributed by atoms with Gasteiger partial charge in [-0.25, -0.2) is 4.98 Å². The third kappa shape index (κ3) is 2.07. The summed E-state index contributed by atoms with van der Waals surface area (Å²) < 4.78 is 2.18. The molecule has 0 spiro atoms. The predicted molar refractivity (Wildman–Crippen MR) is 59.8 cm³/mol. The molecule has 1 heterocycles. The van der Waals surface area contributed by atoms with Crippen LogP contribution in [0.1, 0.15) is 57.3 Å². The lowest BCUT2D eigenvalue weighted by atomic mass is 9.92. The quantitative estimate of drug-likeness (QED) is 0.810. The van der Waals surface area contributed by atoms with Crippen LogP contribution in [-0.4, -0.2) is 20.8 Å². The minimum atomic E-state index is -0.189. The van der Waals surface area contributed by atoms with Gasteiger partial charge in [-0.1, -0.05) is 26.7 Å². The highest BCUT2D eigenvalue weighted by Crippen LogP contribution is 2.30. The fourth-order valence-corrected chi connectivity index (χ4v) is 2.47. The summed E-state index contributed by atoms with van der Waals surface area (Å²) in [5.41, 5.74) is 0. The first kappa shape index (κ1) is 10.7. The van der Waals surface area contributed by atoms with Crippen LogP contribution in [0.5, 0.6) is 0 Å². The molecule has 0 radical (unpaired) electrons. The SMILES string of the molecule is CC(C)c1nccn1[C@H]1CCCC[C@H]1O. The van der Waals surface area contributed by atoms with Crippen LogP contribution < -0.4 is 0 Å². The van der Waals surface area contributed by atoms with Gasteiger partial charge in [0, 0.05) is 18.3 Å². The van der Waals surface area contributed by atoms with Gasteiger partial charge in [0.25, 0.3) is 0 Å². The molecule has 1 aliphatic rings. The standard InChI is InChI=1S/C12H20N2O/c1-9(2)12-13-7-8-14(12)10-5-3-4-6-11(10)15/h7-11,15H,3-6H2,1-2H3/t10-,11+/m0/s1. The molecule has 3 heteroatoms. The molecule has 84 valence electrons. The van der Waals surface area contributed by atoms with Gasteiger partial charge >= 0.3 is 0 Å². The van der Waals surface area contributed by atoms with Gasteiger partial charge in [0.1, 0.15) is 5.82 Å². The van der Waals surface area contributed by atoms with E-state index in [2.05, 4.69) is 23.4 Å². The zero-order valence-electron chi connectivity index (χ0n) is 9.56. The Kier molecular flexibility index (Phi) is 3.10. The predicted octanol–water partition coefficient (Wildman–Crippen LogP) is 2.48. The van der Waals surface area contributed by atoms with E-state index in [1.165, 1.54) is 6.42 Å². The summed E-state index contributed by atoms with van der Waals surface area (Å²) >= 11 is 0. The van der Waals surface area contributed by atoms with Crippen LogP contribution >= 0.6 is 0 Å². The minimum absolute atomic E-state index is 0.189. The molecule has 15 heavy (non-hydrogen) atoms. The smallest absolute Gasteiger partial charge is 0.111 e. The van der Waals surface area contributed by atoms with Crippen molar-refractivity contribution in [3.63, 3.8) is 0 Å². The van der Waals surface area contributed by atoms with Gasteiger partial charge in [-0.2, -0.15) is 0 Å². The molecule has 0 bridgehead atoms. The molecule has 0 aromatic carbocycles. The maximum Gasteiger partial charge on any atom is 0.111 e. The van der Waals surface area contributed by atoms with Crippen molar-refractivity contribution in [3.05, 3.63) is 18.2 Å². The summed E-state index contributed by atoms with van der Waals surface area (Å²) in [5, 5.41) is 10.00. The number of aliphatic hydroxyl groups excluding tert-OH is 1. The molecule has 2 rings (SSSR count). The van der Waals surface area contributed by atoms with E-state index in [1.807, 2.05) is 12.4 Å². The number of aromatic nitrogens is 2. The molecule has 0 amide bonds. The van der Waals surface area contributed by atoms with E-state index in [0.29, 0.717) is 5.92 Å². The second-order valence-corrected chi connectivity index (χ2v) is 4.77. The van der Waals surface area contributed by atoms with Crippen molar-refractivity contribution in [1.29, 1.82) is 0 Å². The highest BCUT2D eigenvalue weighted by molar-refractivity contribution is 5.01. The second-order valence-electron chi connectivity index (χ2n) is 4.77. The lowest BCUT2D eigenvalue weighted by Gasteiger charge is -2.30. The molecule has 0 unspecified atom stereocenters. The molecule has 0 saturated heterocycles. The molecule has 3 nitrogen and oxygen atoms in total. The van der Waals surface area contributed by atoms with Crippen LogP contribution in [-0.2, 0) is 0 Å². The van der Waals surface area contributed by atoms with Crippen molar-refractivity contribution in [1.82, 2.24) is 9.55 Å². The second kappa shape index (κ2) is 4.35. The van der Waals surface area contributed by atoms with Crippen molar-refractivity contribution < 1.29 is 5.11 Å². The van der Waals surface area contributed by atoms with E-state index in [-0.39, 0.29) is 12.1 Å². The van der Waals surface area contributed by atoms with Crippen molar-refractivity contribution in [2.45, 2.75) is 57.6 Å². The lowest BCUT2D eigenvalue weighted by Crippen LogP contribution is -2.28. The monoisotopic (exact) mass is 208 g/mol. The Morgan fingerprint density at radius 1 is 1.40 bits per heavy atom. The summed E-state index contributed by atoms with van der Waals surface area (Å²) in [4.78, 5) is 4.38. The van der Waals surface area contributed by atoms with Crippen LogP contribution in [0.4, 0.5) is 0 Å². The first-order valence-electron chi connectivity index (χ1n) is 5.91. The molecule has 1 saturated carbocycles. The first-order chi connectivity index (χ1) is 7.20. The third-order valence-electron chi connectivity index (χ3n) is 3.27. The minimum Gasteiger partial charge on any atom is -0.391 e. The van der Waals surface area contributed by atoms with Gasteiger partial charge in [-0.3, -0.25) is 0 Å². The molecule has 1 aromatic heterocycles. The van der Waals surface area contributed by atoms with Crippen LogP contribution in [0.25, 0.3) is 0 Å². The molecule has 1 aromatic rings. The number of imidazole rings is 1. The van der Waals surface area contributed by atoms with Crippen molar-refractivity contribution >= 4 is 0 Å². The average Bonchev–Trinajstić information content (AvgIpc) is 2.67. The van der Waals surface area contributed by atoms with Crippen molar-refractivity contribution in [2.75, 3.05) is 0 Å². The van der Waals surface area contributed by atoms with Gasteiger partial charge in [0.15, 0.2) is 0 Å². The number of hydrogen-bond acceptors (Lipinski definition) is 2. The van der Waals surface area contributed by atoms with Gasteiger partial charge in [0.2, 0.25) is 0 Å². The molecule has 1 fully saturated rings. The van der Waals surface area contributed by atoms with Gasteiger partial charge < -0.3 is 9.67 Å². The highest BCUT2D eigenvalue weighted by atomic mass is 16.3. The number of hydrogen-bond donors (Lipinski definition) is 1. The van der Waals surface area contributed by atoms with Crippen molar-refractivity contribution in [3.8, 4) is 0 Å². The molecule has 1 aliphatic carbocycles. The van der Waals surface area contributed by atoms with E-state index in [0.717, 1.165) is 25.1 Å². The third-order valence-corrected chi connectivity index (χ3v) is 3.27. The molecule has 2 atom stereocenters.